The first-order valence-electron chi connectivity index (χ1n) is 10.7. The topological polar surface area (TPSA) is 131 Å². The summed E-state index contributed by atoms with van der Waals surface area (Å²) in [5.74, 6) is -0.321. The van der Waals surface area contributed by atoms with Gasteiger partial charge in [-0.2, -0.15) is 0 Å². The molecule has 0 aromatic heterocycles. The zero-order valence-electron chi connectivity index (χ0n) is 17.9. The lowest BCUT2D eigenvalue weighted by atomic mass is 10.1. The smallest absolute Gasteiger partial charge is 0.269 e. The van der Waals surface area contributed by atoms with E-state index in [0.717, 1.165) is 25.0 Å². The Morgan fingerprint density at radius 3 is 2.68 bits per heavy atom. The predicted molar refractivity (Wildman–Crippen MR) is 114 cm³/mol. The van der Waals surface area contributed by atoms with Crippen molar-refractivity contribution in [2.45, 2.75) is 50.9 Å². The number of amides is 2. The van der Waals surface area contributed by atoms with Crippen molar-refractivity contribution in [3.05, 3.63) is 39.9 Å². The summed E-state index contributed by atoms with van der Waals surface area (Å²) >= 11 is 0. The highest BCUT2D eigenvalue weighted by Crippen LogP contribution is 2.26. The van der Waals surface area contributed by atoms with Gasteiger partial charge in [-0.1, -0.05) is 12.1 Å². The largest absolute Gasteiger partial charge is 0.377 e. The molecule has 2 saturated heterocycles. The van der Waals surface area contributed by atoms with Crippen LogP contribution in [0.25, 0.3) is 0 Å². The zero-order chi connectivity index (χ0) is 22.4. The van der Waals surface area contributed by atoms with Gasteiger partial charge in [-0.3, -0.25) is 24.6 Å². The Morgan fingerprint density at radius 1 is 1.35 bits per heavy atom. The highest BCUT2D eigenvalue weighted by atomic mass is 16.6. The molecule has 10 nitrogen and oxygen atoms in total. The summed E-state index contributed by atoms with van der Waals surface area (Å²) in [6.07, 6.45) is 2.62. The molecule has 0 radical (unpaired) electrons. The fourth-order valence-corrected chi connectivity index (χ4v) is 4.34. The SMILES string of the molecule is CC(=O)N1CC(N(Cc2ccc([N+](=O)[O-])cc2)CC2CCCO2)CC1C(=O)NCCN. The van der Waals surface area contributed by atoms with Crippen molar-refractivity contribution in [1.29, 1.82) is 0 Å². The van der Waals surface area contributed by atoms with Crippen molar-refractivity contribution in [1.82, 2.24) is 15.1 Å². The summed E-state index contributed by atoms with van der Waals surface area (Å²) in [6, 6.07) is 5.96. The molecule has 3 unspecified atom stereocenters. The summed E-state index contributed by atoms with van der Waals surface area (Å²) in [5, 5.41) is 13.7. The first-order chi connectivity index (χ1) is 14.9. The molecular formula is C21H31N5O5. The van der Waals surface area contributed by atoms with Crippen LogP contribution in [0.1, 0.15) is 31.7 Å². The second-order valence-electron chi connectivity index (χ2n) is 8.14. The highest BCUT2D eigenvalue weighted by Gasteiger charge is 2.41. The second-order valence-corrected chi connectivity index (χ2v) is 8.14. The van der Waals surface area contributed by atoms with E-state index in [9.17, 15) is 19.7 Å². The maximum atomic E-state index is 12.6. The molecule has 31 heavy (non-hydrogen) atoms. The molecule has 2 fully saturated rings. The first-order valence-corrected chi connectivity index (χ1v) is 10.7. The van der Waals surface area contributed by atoms with E-state index < -0.39 is 11.0 Å². The number of likely N-dealkylation sites (tertiary alicyclic amines) is 1. The molecule has 0 spiro atoms. The van der Waals surface area contributed by atoms with Crippen molar-refractivity contribution in [3.8, 4) is 0 Å². The Labute approximate surface area is 181 Å². The maximum absolute atomic E-state index is 12.6. The van der Waals surface area contributed by atoms with E-state index in [1.165, 1.54) is 19.1 Å². The molecular weight excluding hydrogens is 402 g/mol. The number of carbonyl (C=O) groups is 2. The van der Waals surface area contributed by atoms with Gasteiger partial charge >= 0.3 is 0 Å². The van der Waals surface area contributed by atoms with Crippen LogP contribution in [-0.2, 0) is 20.9 Å². The van der Waals surface area contributed by atoms with Crippen LogP contribution >= 0.6 is 0 Å². The normalized spacial score (nSPS) is 23.3. The van der Waals surface area contributed by atoms with E-state index in [1.807, 2.05) is 0 Å². The third-order valence-corrected chi connectivity index (χ3v) is 5.94. The van der Waals surface area contributed by atoms with Crippen molar-refractivity contribution in [2.75, 3.05) is 32.8 Å². The lowest BCUT2D eigenvalue weighted by molar-refractivity contribution is -0.384. The maximum Gasteiger partial charge on any atom is 0.269 e. The van der Waals surface area contributed by atoms with Crippen LogP contribution in [0, 0.1) is 10.1 Å². The summed E-state index contributed by atoms with van der Waals surface area (Å²) in [7, 11) is 0. The molecule has 2 heterocycles. The van der Waals surface area contributed by atoms with Crippen LogP contribution < -0.4 is 11.1 Å². The molecule has 0 saturated carbocycles. The van der Waals surface area contributed by atoms with Crippen molar-refractivity contribution in [3.63, 3.8) is 0 Å². The molecule has 2 aliphatic rings. The van der Waals surface area contributed by atoms with Crippen LogP contribution in [0.15, 0.2) is 24.3 Å². The number of nitrogens with two attached hydrogens (primary N) is 1. The van der Waals surface area contributed by atoms with E-state index in [-0.39, 0.29) is 29.6 Å². The number of ether oxygens (including phenoxy) is 1. The quantitative estimate of drug-likeness (QED) is 0.431. The number of hydrogen-bond acceptors (Lipinski definition) is 7. The Balaban J connectivity index is 1.76. The van der Waals surface area contributed by atoms with Gasteiger partial charge in [-0.05, 0) is 24.8 Å². The van der Waals surface area contributed by atoms with Gasteiger partial charge in [0.1, 0.15) is 6.04 Å². The number of benzene rings is 1. The molecule has 3 N–H and O–H groups in total. The minimum Gasteiger partial charge on any atom is -0.377 e. The minimum absolute atomic E-state index is 0.0167. The van der Waals surface area contributed by atoms with Crippen LogP contribution in [0.2, 0.25) is 0 Å². The van der Waals surface area contributed by atoms with Gasteiger partial charge in [0.2, 0.25) is 11.8 Å². The standard InChI is InChI=1S/C21H31N5O5/c1-15(27)25-13-18(11-20(25)21(28)23-9-8-22)24(14-19-3-2-10-31-19)12-16-4-6-17(7-5-16)26(29)30/h4-7,18-20H,2-3,8-14,22H2,1H3,(H,23,28). The predicted octanol–water partition coefficient (Wildman–Crippen LogP) is 0.640. The van der Waals surface area contributed by atoms with Crippen molar-refractivity contribution >= 4 is 17.5 Å². The number of nitro groups is 1. The number of nitro benzene ring substituents is 1. The Hall–Kier alpha value is -2.56. The lowest BCUT2D eigenvalue weighted by Gasteiger charge is -2.31. The molecule has 2 aliphatic heterocycles. The number of nitrogens with zero attached hydrogens (tertiary/aromatic N) is 3. The number of non-ortho nitro benzene ring substituents is 1. The van der Waals surface area contributed by atoms with Gasteiger partial charge in [-0.15, -0.1) is 0 Å². The molecule has 3 atom stereocenters. The third kappa shape index (κ3) is 5.99. The second kappa shape index (κ2) is 10.7. The molecule has 2 amide bonds. The number of carbonyl (C=O) groups excluding carboxylic acids is 2. The Kier molecular flexibility index (Phi) is 7.94. The molecule has 1 aromatic rings. The van der Waals surface area contributed by atoms with Gasteiger partial charge in [0.05, 0.1) is 11.0 Å². The third-order valence-electron chi connectivity index (χ3n) is 5.94. The average molecular weight is 434 g/mol. The molecule has 1 aromatic carbocycles. The summed E-state index contributed by atoms with van der Waals surface area (Å²) in [6.45, 7) is 4.63. The van der Waals surface area contributed by atoms with Crippen molar-refractivity contribution < 1.29 is 19.2 Å². The molecule has 3 rings (SSSR count). The van der Waals surface area contributed by atoms with Crippen LogP contribution in [-0.4, -0.2) is 77.5 Å². The van der Waals surface area contributed by atoms with Gasteiger partial charge in [0.25, 0.3) is 5.69 Å². The Morgan fingerprint density at radius 2 is 2.10 bits per heavy atom. The highest BCUT2D eigenvalue weighted by molar-refractivity contribution is 5.87. The van der Waals surface area contributed by atoms with E-state index in [0.29, 0.717) is 39.1 Å². The zero-order valence-corrected chi connectivity index (χ0v) is 17.9. The van der Waals surface area contributed by atoms with Crippen LogP contribution in [0.5, 0.6) is 0 Å². The Bertz CT molecular complexity index is 781. The first kappa shape index (κ1) is 23.1. The number of nitrogens with one attached hydrogen (secondary N) is 1. The number of rotatable bonds is 9. The molecule has 0 bridgehead atoms. The van der Waals surface area contributed by atoms with Crippen molar-refractivity contribution in [2.24, 2.45) is 5.73 Å². The summed E-state index contributed by atoms with van der Waals surface area (Å²) in [5.41, 5.74) is 6.48. The van der Waals surface area contributed by atoms with Gasteiger partial charge in [0.15, 0.2) is 0 Å². The fraction of sp³-hybridized carbons (Fsp3) is 0.619. The van der Waals surface area contributed by atoms with Crippen LogP contribution in [0.3, 0.4) is 0 Å². The number of hydrogen-bond donors (Lipinski definition) is 2. The van der Waals surface area contributed by atoms with Gasteiger partial charge in [0, 0.05) is 64.4 Å². The minimum atomic E-state index is -0.530. The molecule has 10 heteroatoms. The van der Waals surface area contributed by atoms with E-state index in [1.54, 1.807) is 17.0 Å². The van der Waals surface area contributed by atoms with E-state index in [2.05, 4.69) is 10.2 Å². The molecule has 0 aliphatic carbocycles. The summed E-state index contributed by atoms with van der Waals surface area (Å²) in [4.78, 5) is 39.2. The van der Waals surface area contributed by atoms with Crippen LogP contribution in [0.4, 0.5) is 5.69 Å². The van der Waals surface area contributed by atoms with E-state index in [4.69, 9.17) is 10.5 Å². The fourth-order valence-electron chi connectivity index (χ4n) is 4.34. The monoisotopic (exact) mass is 433 g/mol. The summed E-state index contributed by atoms with van der Waals surface area (Å²) < 4.78 is 5.83. The average Bonchev–Trinajstić information content (AvgIpc) is 3.42. The molecule has 170 valence electrons. The van der Waals surface area contributed by atoms with Gasteiger partial charge in [-0.25, -0.2) is 0 Å². The van der Waals surface area contributed by atoms with E-state index >= 15 is 0 Å². The lowest BCUT2D eigenvalue weighted by Crippen LogP contribution is -2.46. The van der Waals surface area contributed by atoms with Gasteiger partial charge < -0.3 is 20.7 Å².